The number of halogens is 1. The van der Waals surface area contributed by atoms with Gasteiger partial charge in [0.25, 0.3) is 5.56 Å². The third-order valence-electron chi connectivity index (χ3n) is 4.72. The minimum Gasteiger partial charge on any atom is -0.458 e. The monoisotopic (exact) mass is 410 g/mol. The second kappa shape index (κ2) is 6.88. The summed E-state index contributed by atoms with van der Waals surface area (Å²) < 4.78 is 26.9. The second-order valence-electron chi connectivity index (χ2n) is 6.85. The standard InChI is InChI=1S/C19H15FN6O4/c1-25-9-21-12-7-22-26(19(28)18(12)25)8-17-23-16(24-30-17)6-13(27)15-5-10-4-11(20)2-3-14(10)29-15/h2-5,7,9,13,27H,6,8H2,1H3/t13-/m0/s1. The van der Waals surface area contributed by atoms with Gasteiger partial charge in [-0.1, -0.05) is 5.16 Å². The van der Waals surface area contributed by atoms with E-state index in [0.717, 1.165) is 0 Å². The Balaban J connectivity index is 1.34. The number of aryl methyl sites for hydroxylation is 1. The lowest BCUT2D eigenvalue weighted by Gasteiger charge is -2.03. The summed E-state index contributed by atoms with van der Waals surface area (Å²) >= 11 is 0. The highest BCUT2D eigenvalue weighted by molar-refractivity contribution is 5.78. The maximum absolute atomic E-state index is 13.3. The minimum absolute atomic E-state index is 0.0209. The molecule has 4 aromatic heterocycles. The number of hydrogen-bond donors (Lipinski definition) is 1. The fraction of sp³-hybridized carbons (Fsp3) is 0.211. The number of furan rings is 1. The van der Waals surface area contributed by atoms with Gasteiger partial charge in [-0.15, -0.1) is 0 Å². The van der Waals surface area contributed by atoms with Crippen molar-refractivity contribution in [2.45, 2.75) is 19.1 Å². The largest absolute Gasteiger partial charge is 0.458 e. The topological polar surface area (TPSA) is 125 Å². The molecule has 30 heavy (non-hydrogen) atoms. The first-order chi connectivity index (χ1) is 14.5. The fourth-order valence-electron chi connectivity index (χ4n) is 3.25. The molecule has 0 bridgehead atoms. The molecule has 0 saturated carbocycles. The second-order valence-corrected chi connectivity index (χ2v) is 6.85. The van der Waals surface area contributed by atoms with E-state index in [-0.39, 0.29) is 41.8 Å². The Morgan fingerprint density at radius 1 is 1.30 bits per heavy atom. The number of rotatable bonds is 5. The van der Waals surface area contributed by atoms with Crippen molar-refractivity contribution in [3.05, 3.63) is 70.4 Å². The normalized spacial score (nSPS) is 12.8. The molecule has 11 heteroatoms. The molecule has 0 fully saturated rings. The molecule has 5 rings (SSSR count). The first-order valence-corrected chi connectivity index (χ1v) is 9.03. The van der Waals surface area contributed by atoms with E-state index in [9.17, 15) is 14.3 Å². The van der Waals surface area contributed by atoms with Crippen molar-refractivity contribution in [2.24, 2.45) is 7.05 Å². The molecule has 152 valence electrons. The molecule has 0 aliphatic heterocycles. The Hall–Kier alpha value is -3.86. The van der Waals surface area contributed by atoms with Crippen LogP contribution in [0.15, 0.2) is 50.5 Å². The van der Waals surface area contributed by atoms with E-state index in [1.165, 1.54) is 35.4 Å². The average Bonchev–Trinajstić information content (AvgIpc) is 3.43. The van der Waals surface area contributed by atoms with E-state index in [1.807, 2.05) is 0 Å². The van der Waals surface area contributed by atoms with Crippen molar-refractivity contribution >= 4 is 22.0 Å². The molecular formula is C19H15FN6O4. The molecule has 1 aromatic carbocycles. The summed E-state index contributed by atoms with van der Waals surface area (Å²) in [7, 11) is 1.72. The van der Waals surface area contributed by atoms with Gasteiger partial charge in [0.1, 0.15) is 40.8 Å². The van der Waals surface area contributed by atoms with Crippen molar-refractivity contribution in [3.63, 3.8) is 0 Å². The van der Waals surface area contributed by atoms with E-state index in [0.29, 0.717) is 22.0 Å². The first kappa shape index (κ1) is 18.2. The van der Waals surface area contributed by atoms with Crippen molar-refractivity contribution in [3.8, 4) is 0 Å². The lowest BCUT2D eigenvalue weighted by molar-refractivity contribution is 0.149. The predicted octanol–water partition coefficient (Wildman–Crippen LogP) is 1.72. The average molecular weight is 410 g/mol. The van der Waals surface area contributed by atoms with Crippen LogP contribution < -0.4 is 5.56 Å². The lowest BCUT2D eigenvalue weighted by Crippen LogP contribution is -2.24. The van der Waals surface area contributed by atoms with Gasteiger partial charge in [-0.05, 0) is 24.3 Å². The third-order valence-corrected chi connectivity index (χ3v) is 4.72. The van der Waals surface area contributed by atoms with Crippen LogP contribution in [0.5, 0.6) is 0 Å². The summed E-state index contributed by atoms with van der Waals surface area (Å²) in [4.78, 5) is 20.9. The molecule has 0 radical (unpaired) electrons. The van der Waals surface area contributed by atoms with Crippen LogP contribution in [-0.2, 0) is 20.0 Å². The summed E-state index contributed by atoms with van der Waals surface area (Å²) in [5.74, 6) is 0.278. The summed E-state index contributed by atoms with van der Waals surface area (Å²) in [5, 5.41) is 18.9. The van der Waals surface area contributed by atoms with E-state index in [2.05, 4.69) is 20.2 Å². The van der Waals surface area contributed by atoms with Gasteiger partial charge in [-0.2, -0.15) is 10.1 Å². The number of aliphatic hydroxyl groups excluding tert-OH is 1. The highest BCUT2D eigenvalue weighted by Crippen LogP contribution is 2.26. The SMILES string of the molecule is Cn1cnc2cnn(Cc3nc(C[C@H](O)c4cc5cc(F)ccc5o4)no3)c(=O)c21. The molecule has 0 unspecified atom stereocenters. The Labute approximate surface area is 167 Å². The zero-order valence-electron chi connectivity index (χ0n) is 15.7. The molecule has 0 aliphatic rings. The molecule has 1 N–H and O–H groups in total. The molecule has 1 atom stereocenters. The van der Waals surface area contributed by atoms with Crippen molar-refractivity contribution < 1.29 is 18.4 Å². The molecular weight excluding hydrogens is 395 g/mol. The van der Waals surface area contributed by atoms with Crippen molar-refractivity contribution in [2.75, 3.05) is 0 Å². The number of nitrogens with zero attached hydrogens (tertiary/aromatic N) is 6. The summed E-state index contributed by atoms with van der Waals surface area (Å²) in [5.41, 5.74) is 1.05. The van der Waals surface area contributed by atoms with Crippen LogP contribution in [0.25, 0.3) is 22.0 Å². The van der Waals surface area contributed by atoms with Crippen LogP contribution in [-0.4, -0.2) is 34.6 Å². The van der Waals surface area contributed by atoms with Gasteiger partial charge in [0.15, 0.2) is 5.82 Å². The van der Waals surface area contributed by atoms with Gasteiger partial charge in [0.2, 0.25) is 5.89 Å². The number of imidazole rings is 1. The number of fused-ring (bicyclic) bond motifs is 2. The van der Waals surface area contributed by atoms with Gasteiger partial charge >= 0.3 is 0 Å². The maximum Gasteiger partial charge on any atom is 0.293 e. The van der Waals surface area contributed by atoms with E-state index in [1.54, 1.807) is 17.7 Å². The number of hydrogen-bond acceptors (Lipinski definition) is 8. The summed E-state index contributed by atoms with van der Waals surface area (Å²) in [6, 6.07) is 5.67. The van der Waals surface area contributed by atoms with Crippen LogP contribution in [0.4, 0.5) is 4.39 Å². The molecule has 5 aromatic rings. The summed E-state index contributed by atoms with van der Waals surface area (Å²) in [6.07, 6.45) is 2.01. The highest BCUT2D eigenvalue weighted by Gasteiger charge is 2.19. The third kappa shape index (κ3) is 3.14. The van der Waals surface area contributed by atoms with Gasteiger partial charge in [0.05, 0.1) is 12.5 Å². The molecule has 0 saturated heterocycles. The number of aromatic nitrogens is 6. The van der Waals surface area contributed by atoms with Crippen LogP contribution >= 0.6 is 0 Å². The quantitative estimate of drug-likeness (QED) is 0.464. The van der Waals surface area contributed by atoms with E-state index in [4.69, 9.17) is 8.94 Å². The maximum atomic E-state index is 13.3. The summed E-state index contributed by atoms with van der Waals surface area (Å²) in [6.45, 7) is -0.0209. The lowest BCUT2D eigenvalue weighted by atomic mass is 10.2. The molecule has 4 heterocycles. The van der Waals surface area contributed by atoms with Crippen molar-refractivity contribution in [1.82, 2.24) is 29.5 Å². The van der Waals surface area contributed by atoms with Crippen molar-refractivity contribution in [1.29, 1.82) is 0 Å². The molecule has 0 spiro atoms. The zero-order valence-corrected chi connectivity index (χ0v) is 15.7. The van der Waals surface area contributed by atoms with E-state index < -0.39 is 6.10 Å². The highest BCUT2D eigenvalue weighted by atomic mass is 19.1. The van der Waals surface area contributed by atoms with Crippen LogP contribution in [0.2, 0.25) is 0 Å². The molecule has 0 amide bonds. The van der Waals surface area contributed by atoms with Gasteiger partial charge in [-0.3, -0.25) is 4.79 Å². The Morgan fingerprint density at radius 3 is 3.03 bits per heavy atom. The molecule has 0 aliphatic carbocycles. The number of benzene rings is 1. The first-order valence-electron chi connectivity index (χ1n) is 9.03. The Bertz CT molecular complexity index is 1430. The van der Waals surface area contributed by atoms with Crippen LogP contribution in [0.3, 0.4) is 0 Å². The molecule has 10 nitrogen and oxygen atoms in total. The smallest absolute Gasteiger partial charge is 0.293 e. The van der Waals surface area contributed by atoms with Gasteiger partial charge in [0, 0.05) is 18.9 Å². The fourth-order valence-corrected chi connectivity index (χ4v) is 3.25. The number of aliphatic hydroxyl groups is 1. The Kier molecular flexibility index (Phi) is 4.17. The van der Waals surface area contributed by atoms with E-state index >= 15 is 0 Å². The van der Waals surface area contributed by atoms with Crippen LogP contribution in [0.1, 0.15) is 23.6 Å². The van der Waals surface area contributed by atoms with Gasteiger partial charge < -0.3 is 18.6 Å². The minimum atomic E-state index is -1.04. The van der Waals surface area contributed by atoms with Crippen LogP contribution in [0, 0.1) is 5.82 Å². The Morgan fingerprint density at radius 2 is 2.17 bits per heavy atom. The predicted molar refractivity (Wildman–Crippen MR) is 101 cm³/mol. The zero-order chi connectivity index (χ0) is 20.8. The van der Waals surface area contributed by atoms with Gasteiger partial charge in [-0.25, -0.2) is 14.1 Å².